The Morgan fingerprint density at radius 2 is 1.81 bits per heavy atom. The van der Waals surface area contributed by atoms with Crippen molar-refractivity contribution in [1.29, 1.82) is 0 Å². The average molecular weight is 229 g/mol. The van der Waals surface area contributed by atoms with Crippen LogP contribution in [-0.4, -0.2) is 11.9 Å². The molecule has 0 saturated heterocycles. The van der Waals surface area contributed by atoms with Gasteiger partial charge in [0.25, 0.3) is 0 Å². The molecule has 86 valence electrons. The molecule has 0 unspecified atom stereocenters. The minimum absolute atomic E-state index is 0.103. The van der Waals surface area contributed by atoms with Crippen LogP contribution in [-0.2, 0) is 0 Å². The Balaban J connectivity index is 2.38. The number of amidine groups is 1. The second kappa shape index (κ2) is 4.13. The highest BCUT2D eigenvalue weighted by Gasteiger charge is 2.22. The van der Waals surface area contributed by atoms with E-state index in [4.69, 9.17) is 5.84 Å². The van der Waals surface area contributed by atoms with Crippen LogP contribution in [0.25, 0.3) is 0 Å². The van der Waals surface area contributed by atoms with Gasteiger partial charge in [-0.05, 0) is 25.0 Å². The summed E-state index contributed by atoms with van der Waals surface area (Å²) in [7, 11) is 0. The van der Waals surface area contributed by atoms with Crippen molar-refractivity contribution in [2.75, 3.05) is 0 Å². The van der Waals surface area contributed by atoms with Crippen molar-refractivity contribution in [2.24, 2.45) is 10.8 Å². The number of nitrogens with two attached hydrogens (primary N) is 1. The summed E-state index contributed by atoms with van der Waals surface area (Å²) in [5.41, 5.74) is 2.36. The topological polar surface area (TPSA) is 50.4 Å². The van der Waals surface area contributed by atoms with Gasteiger partial charge in [0.1, 0.15) is 5.84 Å². The Bertz CT molecular complexity index is 418. The molecule has 1 aliphatic carbocycles. The lowest BCUT2D eigenvalue weighted by Gasteiger charge is -2.06. The van der Waals surface area contributed by atoms with Gasteiger partial charge >= 0.3 is 0 Å². The average Bonchev–Trinajstić information content (AvgIpc) is 3.05. The number of benzene rings is 1. The fourth-order valence-electron chi connectivity index (χ4n) is 1.27. The quantitative estimate of drug-likeness (QED) is 0.265. The van der Waals surface area contributed by atoms with E-state index in [1.54, 1.807) is 0 Å². The zero-order valence-corrected chi connectivity index (χ0v) is 8.30. The van der Waals surface area contributed by atoms with Gasteiger partial charge in [-0.25, -0.2) is 19.0 Å². The van der Waals surface area contributed by atoms with Crippen LogP contribution in [0.1, 0.15) is 18.4 Å². The summed E-state index contributed by atoms with van der Waals surface area (Å²) in [5.74, 6) is 1.36. The monoisotopic (exact) mass is 229 g/mol. The van der Waals surface area contributed by atoms with Gasteiger partial charge in [-0.2, -0.15) is 0 Å². The Labute approximate surface area is 90.1 Å². The number of hydrazine groups is 1. The summed E-state index contributed by atoms with van der Waals surface area (Å²) in [4.78, 5) is 4.11. The first-order chi connectivity index (χ1) is 7.61. The van der Waals surface area contributed by atoms with Crippen molar-refractivity contribution >= 4 is 5.84 Å². The van der Waals surface area contributed by atoms with Crippen LogP contribution in [0.4, 0.5) is 13.2 Å². The van der Waals surface area contributed by atoms with E-state index in [1.165, 1.54) is 0 Å². The van der Waals surface area contributed by atoms with E-state index < -0.39 is 17.5 Å². The van der Waals surface area contributed by atoms with E-state index in [-0.39, 0.29) is 17.4 Å². The molecule has 3 nitrogen and oxygen atoms in total. The number of hydrogen-bond acceptors (Lipinski definition) is 2. The first-order valence-electron chi connectivity index (χ1n) is 4.81. The second-order valence-electron chi connectivity index (χ2n) is 3.61. The first kappa shape index (κ1) is 10.9. The van der Waals surface area contributed by atoms with E-state index in [0.29, 0.717) is 0 Å². The van der Waals surface area contributed by atoms with Crippen molar-refractivity contribution in [3.8, 4) is 0 Å². The van der Waals surface area contributed by atoms with Crippen LogP contribution in [0.3, 0.4) is 0 Å². The molecule has 1 aromatic rings. The van der Waals surface area contributed by atoms with E-state index in [0.717, 1.165) is 25.0 Å². The van der Waals surface area contributed by atoms with Gasteiger partial charge in [0, 0.05) is 5.56 Å². The van der Waals surface area contributed by atoms with Crippen molar-refractivity contribution in [1.82, 2.24) is 5.43 Å². The third kappa shape index (κ3) is 2.16. The molecule has 0 amide bonds. The third-order valence-corrected chi connectivity index (χ3v) is 2.25. The number of nitrogens with zero attached hydrogens (tertiary/aromatic N) is 1. The normalized spacial score (nSPS) is 16.4. The molecule has 6 heteroatoms. The van der Waals surface area contributed by atoms with Gasteiger partial charge in [0.05, 0.1) is 6.04 Å². The molecule has 3 N–H and O–H groups in total. The molecule has 0 heterocycles. The molecule has 0 aliphatic heterocycles. The molecule has 2 rings (SSSR count). The van der Waals surface area contributed by atoms with Gasteiger partial charge in [-0.15, -0.1) is 0 Å². The largest absolute Gasteiger partial charge is 0.308 e. The Morgan fingerprint density at radius 1 is 1.25 bits per heavy atom. The maximum Gasteiger partial charge on any atom is 0.194 e. The highest BCUT2D eigenvalue weighted by atomic mass is 19.2. The minimum Gasteiger partial charge on any atom is -0.308 e. The lowest BCUT2D eigenvalue weighted by atomic mass is 10.2. The number of halogens is 3. The summed E-state index contributed by atoms with van der Waals surface area (Å²) < 4.78 is 38.6. The molecular weight excluding hydrogens is 219 g/mol. The number of rotatable bonds is 2. The summed E-state index contributed by atoms with van der Waals surface area (Å²) in [6.45, 7) is 0. The van der Waals surface area contributed by atoms with Crippen LogP contribution >= 0.6 is 0 Å². The summed E-state index contributed by atoms with van der Waals surface area (Å²) in [5, 5.41) is 0. The molecule has 1 fully saturated rings. The fourth-order valence-corrected chi connectivity index (χ4v) is 1.27. The zero-order valence-electron chi connectivity index (χ0n) is 8.30. The molecule has 16 heavy (non-hydrogen) atoms. The van der Waals surface area contributed by atoms with Crippen molar-refractivity contribution in [2.45, 2.75) is 18.9 Å². The van der Waals surface area contributed by atoms with Crippen LogP contribution < -0.4 is 11.3 Å². The molecule has 0 atom stereocenters. The number of nitrogens with one attached hydrogen (secondary N) is 1. The molecule has 0 radical (unpaired) electrons. The van der Waals surface area contributed by atoms with Gasteiger partial charge < -0.3 is 5.43 Å². The van der Waals surface area contributed by atoms with E-state index in [2.05, 4.69) is 10.4 Å². The third-order valence-electron chi connectivity index (χ3n) is 2.25. The zero-order chi connectivity index (χ0) is 11.7. The second-order valence-corrected chi connectivity index (χ2v) is 3.61. The summed E-state index contributed by atoms with van der Waals surface area (Å²) >= 11 is 0. The van der Waals surface area contributed by atoms with Gasteiger partial charge in [0.15, 0.2) is 17.5 Å². The van der Waals surface area contributed by atoms with E-state index >= 15 is 0 Å². The molecule has 0 spiro atoms. The predicted molar refractivity (Wildman–Crippen MR) is 53.2 cm³/mol. The minimum atomic E-state index is -1.49. The predicted octanol–water partition coefficient (Wildman–Crippen LogP) is 1.48. The van der Waals surface area contributed by atoms with Gasteiger partial charge in [-0.3, -0.25) is 4.99 Å². The lowest BCUT2D eigenvalue weighted by molar-refractivity contribution is 0.446. The highest BCUT2D eigenvalue weighted by molar-refractivity contribution is 5.98. The van der Waals surface area contributed by atoms with Crippen molar-refractivity contribution < 1.29 is 13.2 Å². The molecular formula is C10H10F3N3. The molecule has 1 aliphatic rings. The van der Waals surface area contributed by atoms with Crippen LogP contribution in [0.5, 0.6) is 0 Å². The summed E-state index contributed by atoms with van der Waals surface area (Å²) in [6, 6.07) is 1.86. The summed E-state index contributed by atoms with van der Waals surface area (Å²) in [6.07, 6.45) is 1.86. The SMILES string of the molecule is NNC(=NC1CC1)c1cc(F)c(F)c(F)c1. The van der Waals surface area contributed by atoms with Crippen molar-refractivity contribution in [3.05, 3.63) is 35.1 Å². The molecule has 0 bridgehead atoms. The fraction of sp³-hybridized carbons (Fsp3) is 0.300. The number of hydrogen-bond donors (Lipinski definition) is 2. The smallest absolute Gasteiger partial charge is 0.194 e. The Kier molecular flexibility index (Phi) is 2.82. The highest BCUT2D eigenvalue weighted by Crippen LogP contribution is 2.24. The standard InChI is InChI=1S/C10H10F3N3/c11-7-3-5(4-8(12)9(7)13)10(16-14)15-6-1-2-6/h3-4,6H,1-2,14H2,(H,15,16). The Hall–Kier alpha value is -1.56. The van der Waals surface area contributed by atoms with Crippen LogP contribution in [0.2, 0.25) is 0 Å². The van der Waals surface area contributed by atoms with Gasteiger partial charge in [-0.1, -0.05) is 0 Å². The molecule has 1 saturated carbocycles. The molecule has 0 aromatic heterocycles. The van der Waals surface area contributed by atoms with Crippen LogP contribution in [0, 0.1) is 17.5 Å². The van der Waals surface area contributed by atoms with Crippen molar-refractivity contribution in [3.63, 3.8) is 0 Å². The maximum absolute atomic E-state index is 13.0. The lowest BCUT2D eigenvalue weighted by Crippen LogP contribution is -2.31. The van der Waals surface area contributed by atoms with E-state index in [1.807, 2.05) is 0 Å². The van der Waals surface area contributed by atoms with Crippen LogP contribution in [0.15, 0.2) is 17.1 Å². The number of aliphatic imine (C=N–C) groups is 1. The van der Waals surface area contributed by atoms with Gasteiger partial charge in [0.2, 0.25) is 0 Å². The Morgan fingerprint density at radius 3 is 2.25 bits per heavy atom. The molecule has 1 aromatic carbocycles. The first-order valence-corrected chi connectivity index (χ1v) is 4.81. The van der Waals surface area contributed by atoms with E-state index in [9.17, 15) is 13.2 Å². The maximum atomic E-state index is 13.0.